The van der Waals surface area contributed by atoms with Gasteiger partial charge in [-0.05, 0) is 55.6 Å². The SMILES string of the molecule is CCC[C@H](NC(=O)[C@@H]1C[C@]2(CC(c3cc(F)cc4c3OCOC4)=NO2)CN1C(=O)[C@@H](NC(=O)CC1CCCCC1)C(C)(C)C)C(=O)C(=O)NC1CC1. The predicted octanol–water partition coefficient (Wildman–Crippen LogP) is 3.79. The molecule has 3 N–H and O–H groups in total. The summed E-state index contributed by atoms with van der Waals surface area (Å²) in [5.74, 6) is -2.58. The highest BCUT2D eigenvalue weighted by Gasteiger charge is 2.56. The number of hydrogen-bond acceptors (Lipinski definition) is 9. The summed E-state index contributed by atoms with van der Waals surface area (Å²) >= 11 is 0. The van der Waals surface area contributed by atoms with Crippen LogP contribution in [0.5, 0.6) is 5.75 Å². The van der Waals surface area contributed by atoms with Crippen molar-refractivity contribution < 1.29 is 42.7 Å². The van der Waals surface area contributed by atoms with Crippen molar-refractivity contribution in [2.45, 2.75) is 141 Å². The molecule has 52 heavy (non-hydrogen) atoms. The molecule has 3 heterocycles. The van der Waals surface area contributed by atoms with Gasteiger partial charge < -0.3 is 35.2 Å². The van der Waals surface area contributed by atoms with E-state index in [1.165, 1.54) is 17.0 Å². The van der Waals surface area contributed by atoms with E-state index in [4.69, 9.17) is 14.3 Å². The summed E-state index contributed by atoms with van der Waals surface area (Å²) in [6.45, 7) is 7.52. The van der Waals surface area contributed by atoms with E-state index in [1.54, 1.807) is 0 Å². The van der Waals surface area contributed by atoms with Gasteiger partial charge in [0, 0.05) is 36.4 Å². The van der Waals surface area contributed by atoms with Crippen LogP contribution in [0.25, 0.3) is 0 Å². The molecule has 3 aliphatic heterocycles. The van der Waals surface area contributed by atoms with Gasteiger partial charge in [0.05, 0.1) is 24.9 Å². The minimum Gasteiger partial charge on any atom is -0.466 e. The van der Waals surface area contributed by atoms with Gasteiger partial charge in [-0.15, -0.1) is 0 Å². The van der Waals surface area contributed by atoms with Crippen molar-refractivity contribution >= 4 is 35.1 Å². The first kappa shape index (κ1) is 37.7. The Balaban J connectivity index is 1.26. The highest BCUT2D eigenvalue weighted by molar-refractivity contribution is 6.38. The maximum Gasteiger partial charge on any atom is 0.289 e. The molecule has 0 unspecified atom stereocenters. The number of halogens is 1. The molecule has 4 amide bonds. The number of hydrogen-bond donors (Lipinski definition) is 3. The van der Waals surface area contributed by atoms with Crippen LogP contribution in [0.2, 0.25) is 0 Å². The number of likely N-dealkylation sites (tertiary alicyclic amines) is 1. The van der Waals surface area contributed by atoms with Crippen molar-refractivity contribution in [1.29, 1.82) is 0 Å². The second kappa shape index (κ2) is 15.5. The van der Waals surface area contributed by atoms with E-state index in [0.717, 1.165) is 44.9 Å². The lowest BCUT2D eigenvalue weighted by Crippen LogP contribution is -2.59. The predicted molar refractivity (Wildman–Crippen MR) is 187 cm³/mol. The van der Waals surface area contributed by atoms with Crippen molar-refractivity contribution in [2.24, 2.45) is 16.5 Å². The summed E-state index contributed by atoms with van der Waals surface area (Å²) in [6.07, 6.45) is 8.10. The Morgan fingerprint density at radius 2 is 1.81 bits per heavy atom. The van der Waals surface area contributed by atoms with Crippen LogP contribution in [0.1, 0.15) is 116 Å². The molecule has 13 nitrogen and oxygen atoms in total. The quantitative estimate of drug-likeness (QED) is 0.274. The van der Waals surface area contributed by atoms with E-state index in [2.05, 4.69) is 21.1 Å². The van der Waals surface area contributed by atoms with Crippen molar-refractivity contribution in [3.8, 4) is 5.75 Å². The Bertz CT molecular complexity index is 1600. The number of nitrogens with zero attached hydrogens (tertiary/aromatic N) is 2. The zero-order valence-electron chi connectivity index (χ0n) is 30.7. The van der Waals surface area contributed by atoms with Crippen LogP contribution in [0.4, 0.5) is 4.39 Å². The van der Waals surface area contributed by atoms with Gasteiger partial charge in [0.15, 0.2) is 12.4 Å². The molecule has 1 saturated heterocycles. The van der Waals surface area contributed by atoms with E-state index in [0.29, 0.717) is 35.4 Å². The molecule has 284 valence electrons. The number of nitrogens with one attached hydrogen (secondary N) is 3. The minimum absolute atomic E-state index is 0.00718. The van der Waals surface area contributed by atoms with Crippen LogP contribution in [-0.2, 0) is 40.2 Å². The molecule has 14 heteroatoms. The number of amides is 4. The third-order valence-corrected chi connectivity index (χ3v) is 10.8. The Morgan fingerprint density at radius 3 is 2.50 bits per heavy atom. The Hall–Kier alpha value is -4.07. The van der Waals surface area contributed by atoms with E-state index < -0.39 is 58.5 Å². The van der Waals surface area contributed by atoms with Crippen LogP contribution < -0.4 is 20.7 Å². The smallest absolute Gasteiger partial charge is 0.289 e. The summed E-state index contributed by atoms with van der Waals surface area (Å²) in [7, 11) is 0. The summed E-state index contributed by atoms with van der Waals surface area (Å²) in [5.41, 5.74) is -0.566. The van der Waals surface area contributed by atoms with E-state index >= 15 is 0 Å². The summed E-state index contributed by atoms with van der Waals surface area (Å²) in [6, 6.07) is -0.556. The standard InChI is InChI=1S/C38H52FN5O8/c1-5-9-27(31(46)35(48)40-25-12-13-25)41-34(47)29-18-38(17-28(43-52-38)26-16-24(39)15-23-19-50-21-51-32(23)26)20-44(29)36(49)33(37(2,3)4)42-30(45)14-22-10-7-6-8-11-22/h15-16,22,25,27,29,33H,5-14,17-21H2,1-4H3,(H,40,48)(H,41,47)(H,42,45)/t27-,29-,33+,38+/m0/s1. The van der Waals surface area contributed by atoms with Crippen molar-refractivity contribution in [2.75, 3.05) is 13.3 Å². The maximum absolute atomic E-state index is 14.7. The molecule has 4 atom stereocenters. The molecule has 6 rings (SSSR count). The molecule has 5 aliphatic rings. The van der Waals surface area contributed by atoms with Crippen LogP contribution in [0.15, 0.2) is 17.3 Å². The van der Waals surface area contributed by atoms with Gasteiger partial charge >= 0.3 is 0 Å². The van der Waals surface area contributed by atoms with E-state index in [9.17, 15) is 28.4 Å². The average molecular weight is 726 g/mol. The largest absolute Gasteiger partial charge is 0.466 e. The number of carbonyl (C=O) groups is 5. The number of Topliss-reactive ketones (excluding diaryl/α,β-unsaturated/α-hetero) is 1. The number of ketones is 1. The molecule has 0 bridgehead atoms. The first-order chi connectivity index (χ1) is 24.8. The monoisotopic (exact) mass is 725 g/mol. The molecule has 0 aromatic heterocycles. The fraction of sp³-hybridized carbons (Fsp3) is 0.684. The van der Waals surface area contributed by atoms with E-state index in [1.807, 2.05) is 27.7 Å². The van der Waals surface area contributed by atoms with Crippen LogP contribution in [0, 0.1) is 17.2 Å². The van der Waals surface area contributed by atoms with Crippen molar-refractivity contribution in [1.82, 2.24) is 20.9 Å². The number of benzene rings is 1. The highest BCUT2D eigenvalue weighted by Crippen LogP contribution is 2.42. The molecular weight excluding hydrogens is 673 g/mol. The highest BCUT2D eigenvalue weighted by atomic mass is 19.1. The Morgan fingerprint density at radius 1 is 1.06 bits per heavy atom. The van der Waals surface area contributed by atoms with Gasteiger partial charge in [-0.25, -0.2) is 4.39 Å². The number of fused-ring (bicyclic) bond motifs is 1. The first-order valence-corrected chi connectivity index (χ1v) is 18.8. The van der Waals surface area contributed by atoms with Gasteiger partial charge in [-0.3, -0.25) is 24.0 Å². The zero-order chi connectivity index (χ0) is 37.2. The molecule has 1 aromatic carbocycles. The van der Waals surface area contributed by atoms with Gasteiger partial charge in [0.2, 0.25) is 23.5 Å². The maximum atomic E-state index is 14.7. The number of ether oxygens (including phenoxy) is 2. The van der Waals surface area contributed by atoms with Crippen molar-refractivity contribution in [3.05, 3.63) is 29.1 Å². The average Bonchev–Trinajstić information content (AvgIpc) is 3.70. The lowest BCUT2D eigenvalue weighted by Gasteiger charge is -2.36. The summed E-state index contributed by atoms with van der Waals surface area (Å²) < 4.78 is 25.8. The van der Waals surface area contributed by atoms with Gasteiger partial charge in [-0.2, -0.15) is 0 Å². The Kier molecular flexibility index (Phi) is 11.2. The van der Waals surface area contributed by atoms with Crippen LogP contribution in [0.3, 0.4) is 0 Å². The fourth-order valence-corrected chi connectivity index (χ4v) is 7.82. The van der Waals surface area contributed by atoms with Gasteiger partial charge in [0.1, 0.15) is 23.7 Å². The fourth-order valence-electron chi connectivity index (χ4n) is 7.82. The van der Waals surface area contributed by atoms with Gasteiger partial charge in [-0.1, -0.05) is 58.5 Å². The number of rotatable bonds is 12. The lowest BCUT2D eigenvalue weighted by molar-refractivity contribution is -0.145. The third-order valence-electron chi connectivity index (χ3n) is 10.8. The number of oxime groups is 1. The lowest BCUT2D eigenvalue weighted by atomic mass is 9.84. The second-order valence-corrected chi connectivity index (χ2v) is 16.3. The molecular formula is C38H52FN5O8. The summed E-state index contributed by atoms with van der Waals surface area (Å²) in [5, 5.41) is 12.8. The third kappa shape index (κ3) is 8.58. The molecule has 1 aromatic rings. The molecule has 2 saturated carbocycles. The normalized spacial score (nSPS) is 24.2. The number of carbonyl (C=O) groups excluding carboxylic acids is 5. The zero-order valence-corrected chi connectivity index (χ0v) is 30.7. The topological polar surface area (TPSA) is 165 Å². The van der Waals surface area contributed by atoms with Crippen molar-refractivity contribution in [3.63, 3.8) is 0 Å². The molecule has 0 radical (unpaired) electrons. The van der Waals surface area contributed by atoms with Crippen LogP contribution in [-0.4, -0.2) is 83.1 Å². The second-order valence-electron chi connectivity index (χ2n) is 16.3. The van der Waals surface area contributed by atoms with Crippen LogP contribution >= 0.6 is 0 Å². The minimum atomic E-state index is -1.17. The molecule has 1 spiro atoms. The van der Waals surface area contributed by atoms with E-state index in [-0.39, 0.29) is 57.1 Å². The molecule has 3 fully saturated rings. The first-order valence-electron chi connectivity index (χ1n) is 18.8. The van der Waals surface area contributed by atoms with Gasteiger partial charge in [0.25, 0.3) is 5.91 Å². The summed E-state index contributed by atoms with van der Waals surface area (Å²) in [4.78, 5) is 75.8. The Labute approximate surface area is 304 Å². The molecule has 2 aliphatic carbocycles.